The Bertz CT molecular complexity index is 737. The molecule has 1 aromatic carbocycles. The van der Waals surface area contributed by atoms with Crippen LogP contribution in [-0.4, -0.2) is 32.2 Å². The van der Waals surface area contributed by atoms with Crippen LogP contribution in [-0.2, 0) is 0 Å². The van der Waals surface area contributed by atoms with Gasteiger partial charge in [-0.15, -0.1) is 0 Å². The van der Waals surface area contributed by atoms with Gasteiger partial charge in [-0.05, 0) is 18.2 Å². The maximum Gasteiger partial charge on any atom is 0.349 e. The van der Waals surface area contributed by atoms with E-state index in [1.807, 2.05) is 38.7 Å². The molecule has 6 heteroatoms. The molecule has 1 N–H and O–H groups in total. The van der Waals surface area contributed by atoms with Crippen molar-refractivity contribution in [2.24, 2.45) is 0 Å². The van der Waals surface area contributed by atoms with Crippen molar-refractivity contribution in [2.45, 2.75) is 33.9 Å². The zero-order valence-corrected chi connectivity index (χ0v) is 14.9. The van der Waals surface area contributed by atoms with E-state index in [-0.39, 0.29) is 5.56 Å². The van der Waals surface area contributed by atoms with Gasteiger partial charge in [-0.3, -0.25) is 4.79 Å². The molecule has 5 nitrogen and oxygen atoms in total. The van der Waals surface area contributed by atoms with Crippen molar-refractivity contribution < 1.29 is 13.6 Å². The highest BCUT2D eigenvalue weighted by Crippen LogP contribution is 2.26. The number of carbonyl (C=O) groups is 1. The first-order chi connectivity index (χ1) is 11.6. The molecule has 2 heterocycles. The number of anilines is 1. The quantitative estimate of drug-likeness (QED) is 0.854. The summed E-state index contributed by atoms with van der Waals surface area (Å²) in [6.07, 6.45) is -0.798. The Balaban J connectivity index is 0.000000671. The van der Waals surface area contributed by atoms with Crippen LogP contribution in [0.25, 0.3) is 11.0 Å². The van der Waals surface area contributed by atoms with Gasteiger partial charge in [-0.1, -0.05) is 27.7 Å². The number of benzene rings is 1. The van der Waals surface area contributed by atoms with Crippen LogP contribution in [0, 0.1) is 0 Å². The molecular weight excluding hydrogens is 311 g/mol. The smallest absolute Gasteiger partial charge is 0.349 e. The molecule has 0 unspecified atom stereocenters. The number of amides is 1. The van der Waals surface area contributed by atoms with E-state index < -0.39 is 17.7 Å². The number of alkyl halides is 1. The maximum atomic E-state index is 12.9. The fourth-order valence-corrected chi connectivity index (χ4v) is 2.23. The molecule has 1 saturated heterocycles. The Labute approximate surface area is 141 Å². The molecule has 1 amide bonds. The summed E-state index contributed by atoms with van der Waals surface area (Å²) in [5.74, 6) is -0.479. The lowest BCUT2D eigenvalue weighted by atomic mass is 10.1. The van der Waals surface area contributed by atoms with E-state index in [0.29, 0.717) is 24.1 Å². The van der Waals surface area contributed by atoms with Crippen molar-refractivity contribution >= 4 is 22.6 Å². The fraction of sp³-hybridized carbons (Fsp3) is 0.444. The summed E-state index contributed by atoms with van der Waals surface area (Å²) in [4.78, 5) is 25.1. The predicted molar refractivity (Wildman–Crippen MR) is 95.7 cm³/mol. The van der Waals surface area contributed by atoms with Crippen LogP contribution < -0.4 is 15.8 Å². The number of hydrogen-bond donors (Lipinski definition) is 1. The van der Waals surface area contributed by atoms with Crippen LogP contribution in [0.1, 0.15) is 38.1 Å². The predicted octanol–water partition coefficient (Wildman–Crippen LogP) is 3.36. The monoisotopic (exact) mass is 336 g/mol. The van der Waals surface area contributed by atoms with Crippen LogP contribution in [0.15, 0.2) is 33.5 Å². The van der Waals surface area contributed by atoms with Gasteiger partial charge in [-0.2, -0.15) is 0 Å². The molecule has 2 aromatic rings. The van der Waals surface area contributed by atoms with Crippen LogP contribution in [0.3, 0.4) is 0 Å². The second-order valence-electron chi connectivity index (χ2n) is 4.75. The number of fused-ring (bicyclic) bond motifs is 1. The molecule has 0 bridgehead atoms. The Hall–Kier alpha value is -2.37. The first-order valence-electron chi connectivity index (χ1n) is 8.27. The third kappa shape index (κ3) is 4.13. The van der Waals surface area contributed by atoms with Gasteiger partial charge in [0.1, 0.15) is 17.3 Å². The summed E-state index contributed by atoms with van der Waals surface area (Å²) in [7, 11) is 1.45. The fourth-order valence-electron chi connectivity index (χ4n) is 2.23. The van der Waals surface area contributed by atoms with E-state index in [9.17, 15) is 14.0 Å². The lowest BCUT2D eigenvalue weighted by molar-refractivity contribution is 0.0959. The molecule has 1 aromatic heterocycles. The third-order valence-electron chi connectivity index (χ3n) is 3.39. The van der Waals surface area contributed by atoms with E-state index in [4.69, 9.17) is 4.42 Å². The van der Waals surface area contributed by atoms with Gasteiger partial charge >= 0.3 is 5.63 Å². The summed E-state index contributed by atoms with van der Waals surface area (Å²) in [6.45, 7) is 8.71. The van der Waals surface area contributed by atoms with Crippen molar-refractivity contribution in [3.8, 4) is 0 Å². The minimum absolute atomic E-state index is 0.0273. The molecule has 3 rings (SSSR count). The number of halogens is 1. The van der Waals surface area contributed by atoms with Crippen LogP contribution >= 0.6 is 0 Å². The lowest BCUT2D eigenvalue weighted by Gasteiger charge is -2.36. The number of nitrogens with zero attached hydrogens (tertiary/aromatic N) is 1. The SMILES string of the molecule is CC.CC.CNC(=O)c1cc2ccc(N3CC(F)C3)cc2oc1=O. The highest BCUT2D eigenvalue weighted by Gasteiger charge is 2.26. The molecule has 1 aliphatic rings. The first kappa shape index (κ1) is 19.7. The van der Waals surface area contributed by atoms with E-state index in [1.54, 1.807) is 12.1 Å². The minimum atomic E-state index is -0.798. The first-order valence-corrected chi connectivity index (χ1v) is 8.27. The molecule has 0 atom stereocenters. The summed E-state index contributed by atoms with van der Waals surface area (Å²) >= 11 is 0. The topological polar surface area (TPSA) is 62.6 Å². The van der Waals surface area contributed by atoms with Crippen molar-refractivity contribution in [3.63, 3.8) is 0 Å². The summed E-state index contributed by atoms with van der Waals surface area (Å²) < 4.78 is 18.0. The maximum absolute atomic E-state index is 12.9. The van der Waals surface area contributed by atoms with Crippen molar-refractivity contribution in [2.75, 3.05) is 25.0 Å². The molecule has 132 valence electrons. The highest BCUT2D eigenvalue weighted by molar-refractivity contribution is 5.96. The van der Waals surface area contributed by atoms with Crippen LogP contribution in [0.2, 0.25) is 0 Å². The Morgan fingerprint density at radius 1 is 1.21 bits per heavy atom. The van der Waals surface area contributed by atoms with Crippen LogP contribution in [0.5, 0.6) is 0 Å². The molecule has 1 fully saturated rings. The van der Waals surface area contributed by atoms with Gasteiger partial charge in [-0.25, -0.2) is 9.18 Å². The zero-order valence-electron chi connectivity index (χ0n) is 14.9. The zero-order chi connectivity index (χ0) is 18.3. The van der Waals surface area contributed by atoms with Gasteiger partial charge in [0, 0.05) is 24.2 Å². The third-order valence-corrected chi connectivity index (χ3v) is 3.39. The van der Waals surface area contributed by atoms with Gasteiger partial charge in [0.05, 0.1) is 13.1 Å². The summed E-state index contributed by atoms with van der Waals surface area (Å²) in [5.41, 5.74) is 0.492. The average Bonchev–Trinajstić information content (AvgIpc) is 2.60. The normalized spacial score (nSPS) is 13.2. The van der Waals surface area contributed by atoms with Gasteiger partial charge < -0.3 is 14.6 Å². The number of rotatable bonds is 2. The molecule has 1 aliphatic heterocycles. The molecule has 0 spiro atoms. The Kier molecular flexibility index (Phi) is 7.42. The number of hydrogen-bond acceptors (Lipinski definition) is 4. The van der Waals surface area contributed by atoms with E-state index in [2.05, 4.69) is 5.32 Å². The summed E-state index contributed by atoms with van der Waals surface area (Å²) in [5, 5.41) is 3.05. The number of carbonyl (C=O) groups excluding carboxylic acids is 1. The van der Waals surface area contributed by atoms with Gasteiger partial charge in [0.25, 0.3) is 5.91 Å². The molecule has 0 aliphatic carbocycles. The average molecular weight is 336 g/mol. The van der Waals surface area contributed by atoms with Gasteiger partial charge in [0.2, 0.25) is 0 Å². The van der Waals surface area contributed by atoms with Crippen molar-refractivity contribution in [1.82, 2.24) is 5.32 Å². The second kappa shape index (κ2) is 9.05. The van der Waals surface area contributed by atoms with E-state index in [0.717, 1.165) is 5.69 Å². The van der Waals surface area contributed by atoms with Gasteiger partial charge in [0.15, 0.2) is 0 Å². The van der Waals surface area contributed by atoms with Crippen molar-refractivity contribution in [3.05, 3.63) is 40.2 Å². The highest BCUT2D eigenvalue weighted by atomic mass is 19.1. The Morgan fingerprint density at radius 3 is 2.38 bits per heavy atom. The lowest BCUT2D eigenvalue weighted by Crippen LogP contribution is -2.48. The number of nitrogens with one attached hydrogen (secondary N) is 1. The summed E-state index contributed by atoms with van der Waals surface area (Å²) in [6, 6.07) is 6.77. The largest absolute Gasteiger partial charge is 0.422 e. The Morgan fingerprint density at radius 2 is 1.83 bits per heavy atom. The molecule has 24 heavy (non-hydrogen) atoms. The molecular formula is C18H25FN2O3. The molecule has 0 radical (unpaired) electrons. The van der Waals surface area contributed by atoms with Crippen molar-refractivity contribution in [1.29, 1.82) is 0 Å². The second-order valence-corrected chi connectivity index (χ2v) is 4.75. The van der Waals surface area contributed by atoms with E-state index >= 15 is 0 Å². The van der Waals surface area contributed by atoms with E-state index in [1.165, 1.54) is 13.1 Å². The molecule has 0 saturated carbocycles. The standard InChI is InChI=1S/C14H13FN2O3.2C2H6/c1-16-13(18)11-4-8-2-3-10(17-6-9(15)7-17)5-12(8)20-14(11)19;2*1-2/h2-5,9H,6-7H2,1H3,(H,16,18);2*1-2H3. The minimum Gasteiger partial charge on any atom is -0.422 e. The van der Waals surface area contributed by atoms with Crippen LogP contribution in [0.4, 0.5) is 10.1 Å².